The zero-order valence-corrected chi connectivity index (χ0v) is 15.7. The van der Waals surface area contributed by atoms with Crippen LogP contribution in [0.1, 0.15) is 30.2 Å². The molecule has 2 heterocycles. The van der Waals surface area contributed by atoms with Gasteiger partial charge in [0.2, 0.25) is 5.91 Å². The molecule has 1 fully saturated rings. The molecular weight excluding hydrogens is 342 g/mol. The van der Waals surface area contributed by atoms with E-state index in [-0.39, 0.29) is 17.7 Å². The zero-order valence-electron chi connectivity index (χ0n) is 15.7. The third kappa shape index (κ3) is 4.71. The number of likely N-dealkylation sites (tertiary alicyclic amines) is 1. The van der Waals surface area contributed by atoms with Crippen LogP contribution in [0.5, 0.6) is 0 Å². The molecule has 27 heavy (non-hydrogen) atoms. The molecule has 2 atom stereocenters. The smallest absolute Gasteiger partial charge is 0.256 e. The molecule has 1 aliphatic heterocycles. The van der Waals surface area contributed by atoms with Crippen LogP contribution < -0.4 is 5.32 Å². The van der Waals surface area contributed by atoms with E-state index >= 15 is 0 Å². The number of ether oxygens (including phenoxy) is 1. The summed E-state index contributed by atoms with van der Waals surface area (Å²) in [5.41, 5.74) is 1.67. The molecule has 1 aromatic carbocycles. The average Bonchev–Trinajstić information content (AvgIpc) is 2.69. The first-order valence-corrected chi connectivity index (χ1v) is 9.19. The van der Waals surface area contributed by atoms with Crippen LogP contribution >= 0.6 is 0 Å². The number of aryl methyl sites for hydroxylation is 1. The summed E-state index contributed by atoms with van der Waals surface area (Å²) >= 11 is 0. The van der Waals surface area contributed by atoms with Crippen LogP contribution in [-0.2, 0) is 14.3 Å². The Morgan fingerprint density at radius 3 is 2.67 bits per heavy atom. The van der Waals surface area contributed by atoms with Gasteiger partial charge in [0.05, 0.1) is 5.92 Å². The van der Waals surface area contributed by atoms with E-state index in [1.54, 1.807) is 11.0 Å². The largest absolute Gasteiger partial charge is 0.367 e. The normalized spacial score (nSPS) is 18.0. The minimum absolute atomic E-state index is 0.0979. The monoisotopic (exact) mass is 367 g/mol. The number of aromatic nitrogens is 1. The molecule has 0 unspecified atom stereocenters. The Bertz CT molecular complexity index is 794. The van der Waals surface area contributed by atoms with Crippen LogP contribution in [-0.4, -0.2) is 41.9 Å². The van der Waals surface area contributed by atoms with Crippen molar-refractivity contribution in [3.8, 4) is 0 Å². The Balaban J connectivity index is 1.66. The van der Waals surface area contributed by atoms with E-state index in [0.717, 1.165) is 24.1 Å². The number of nitrogens with one attached hydrogen (secondary N) is 1. The van der Waals surface area contributed by atoms with E-state index in [1.165, 1.54) is 7.11 Å². The Labute approximate surface area is 159 Å². The topological polar surface area (TPSA) is 71.5 Å². The number of amides is 2. The van der Waals surface area contributed by atoms with Gasteiger partial charge in [0.25, 0.3) is 5.91 Å². The number of hydrogen-bond donors (Lipinski definition) is 1. The number of piperidine rings is 1. The van der Waals surface area contributed by atoms with Crippen molar-refractivity contribution in [2.24, 2.45) is 5.92 Å². The minimum Gasteiger partial charge on any atom is -0.367 e. The molecule has 6 nitrogen and oxygen atoms in total. The number of pyridine rings is 1. The number of hydrogen-bond acceptors (Lipinski definition) is 4. The molecule has 142 valence electrons. The second-order valence-corrected chi connectivity index (χ2v) is 6.80. The van der Waals surface area contributed by atoms with E-state index in [0.29, 0.717) is 18.9 Å². The van der Waals surface area contributed by atoms with Crippen LogP contribution in [0.25, 0.3) is 0 Å². The second-order valence-electron chi connectivity index (χ2n) is 6.80. The Kier molecular flexibility index (Phi) is 6.19. The standard InChI is InChI=1S/C21H25N3O3/c1-15-8-6-12-18(22-15)23-20(25)17-11-7-13-24(14-17)21(26)19(27-2)16-9-4-3-5-10-16/h3-6,8-10,12,17,19H,7,11,13-14H2,1-2H3,(H,22,23,25)/t17-,19-/m1/s1. The van der Waals surface area contributed by atoms with Crippen LogP contribution in [0.4, 0.5) is 5.82 Å². The van der Waals surface area contributed by atoms with Gasteiger partial charge in [0.1, 0.15) is 5.82 Å². The van der Waals surface area contributed by atoms with Crippen molar-refractivity contribution in [2.75, 3.05) is 25.5 Å². The number of rotatable bonds is 5. The SMILES string of the molecule is CO[C@@H](C(=O)N1CCC[C@@H](C(=O)Nc2cccc(C)n2)C1)c1ccccc1. The third-order valence-electron chi connectivity index (χ3n) is 4.81. The lowest BCUT2D eigenvalue weighted by Crippen LogP contribution is -2.45. The van der Waals surface area contributed by atoms with Gasteiger partial charge in [-0.2, -0.15) is 0 Å². The first kappa shape index (κ1) is 19.0. The van der Waals surface area contributed by atoms with Gasteiger partial charge in [-0.3, -0.25) is 9.59 Å². The minimum atomic E-state index is -0.647. The van der Waals surface area contributed by atoms with Crippen LogP contribution in [0, 0.1) is 12.8 Å². The molecule has 0 aliphatic carbocycles. The predicted octanol–water partition coefficient (Wildman–Crippen LogP) is 2.95. The molecule has 0 radical (unpaired) electrons. The van der Waals surface area contributed by atoms with E-state index in [2.05, 4.69) is 10.3 Å². The Morgan fingerprint density at radius 2 is 1.96 bits per heavy atom. The fraction of sp³-hybridized carbons (Fsp3) is 0.381. The van der Waals surface area contributed by atoms with Crippen molar-refractivity contribution in [2.45, 2.75) is 25.9 Å². The number of carbonyl (C=O) groups is 2. The van der Waals surface area contributed by atoms with Gasteiger partial charge in [0.15, 0.2) is 6.10 Å². The van der Waals surface area contributed by atoms with Crippen molar-refractivity contribution >= 4 is 17.6 Å². The summed E-state index contributed by atoms with van der Waals surface area (Å²) in [7, 11) is 1.53. The summed E-state index contributed by atoms with van der Waals surface area (Å²) in [4.78, 5) is 31.6. The number of methoxy groups -OCH3 is 1. The van der Waals surface area contributed by atoms with Crippen LogP contribution in [0.2, 0.25) is 0 Å². The van der Waals surface area contributed by atoms with Crippen molar-refractivity contribution in [3.05, 3.63) is 59.8 Å². The molecular formula is C21H25N3O3. The molecule has 1 aliphatic rings. The average molecular weight is 367 g/mol. The lowest BCUT2D eigenvalue weighted by atomic mass is 9.96. The lowest BCUT2D eigenvalue weighted by Gasteiger charge is -2.34. The highest BCUT2D eigenvalue weighted by atomic mass is 16.5. The maximum atomic E-state index is 13.0. The van der Waals surface area contributed by atoms with Gasteiger partial charge in [-0.15, -0.1) is 0 Å². The molecule has 2 aromatic rings. The van der Waals surface area contributed by atoms with E-state index in [4.69, 9.17) is 4.74 Å². The number of anilines is 1. The lowest BCUT2D eigenvalue weighted by molar-refractivity contribution is -0.145. The van der Waals surface area contributed by atoms with Crippen LogP contribution in [0.15, 0.2) is 48.5 Å². The van der Waals surface area contributed by atoms with E-state index in [1.807, 2.05) is 49.4 Å². The van der Waals surface area contributed by atoms with Crippen LogP contribution in [0.3, 0.4) is 0 Å². The Hall–Kier alpha value is -2.73. The molecule has 3 rings (SSSR count). The molecule has 6 heteroatoms. The highest BCUT2D eigenvalue weighted by Gasteiger charge is 2.32. The summed E-state index contributed by atoms with van der Waals surface area (Å²) in [6, 6.07) is 14.9. The van der Waals surface area contributed by atoms with Crippen molar-refractivity contribution in [1.82, 2.24) is 9.88 Å². The van der Waals surface area contributed by atoms with Gasteiger partial charge in [-0.25, -0.2) is 4.98 Å². The number of nitrogens with zero attached hydrogens (tertiary/aromatic N) is 2. The molecule has 1 aromatic heterocycles. The second kappa shape index (κ2) is 8.77. The summed E-state index contributed by atoms with van der Waals surface area (Å²) in [5, 5.41) is 2.87. The summed E-state index contributed by atoms with van der Waals surface area (Å²) in [6.45, 7) is 2.91. The maximum Gasteiger partial charge on any atom is 0.256 e. The third-order valence-corrected chi connectivity index (χ3v) is 4.81. The Morgan fingerprint density at radius 1 is 1.19 bits per heavy atom. The van der Waals surface area contributed by atoms with Crippen molar-refractivity contribution in [3.63, 3.8) is 0 Å². The maximum absolute atomic E-state index is 13.0. The van der Waals surface area contributed by atoms with Gasteiger partial charge in [-0.05, 0) is 37.5 Å². The molecule has 2 amide bonds. The number of benzene rings is 1. The predicted molar refractivity (Wildman–Crippen MR) is 103 cm³/mol. The molecule has 1 saturated heterocycles. The molecule has 0 spiro atoms. The fourth-order valence-electron chi connectivity index (χ4n) is 3.41. The van der Waals surface area contributed by atoms with Crippen molar-refractivity contribution < 1.29 is 14.3 Å². The van der Waals surface area contributed by atoms with E-state index < -0.39 is 6.10 Å². The summed E-state index contributed by atoms with van der Waals surface area (Å²) < 4.78 is 5.45. The van der Waals surface area contributed by atoms with Gasteiger partial charge in [0, 0.05) is 25.9 Å². The molecule has 1 N–H and O–H groups in total. The fourth-order valence-corrected chi connectivity index (χ4v) is 3.41. The quantitative estimate of drug-likeness (QED) is 0.882. The molecule has 0 saturated carbocycles. The zero-order chi connectivity index (χ0) is 19.2. The molecule has 0 bridgehead atoms. The summed E-state index contributed by atoms with van der Waals surface area (Å²) in [5.74, 6) is 0.0925. The first-order valence-electron chi connectivity index (χ1n) is 9.19. The van der Waals surface area contributed by atoms with Crippen molar-refractivity contribution in [1.29, 1.82) is 0 Å². The van der Waals surface area contributed by atoms with Gasteiger partial charge < -0.3 is 15.0 Å². The summed E-state index contributed by atoms with van der Waals surface area (Å²) in [6.07, 6.45) is 0.896. The number of carbonyl (C=O) groups excluding carboxylic acids is 2. The highest BCUT2D eigenvalue weighted by molar-refractivity contribution is 5.92. The van der Waals surface area contributed by atoms with Gasteiger partial charge in [-0.1, -0.05) is 36.4 Å². The van der Waals surface area contributed by atoms with E-state index in [9.17, 15) is 9.59 Å². The van der Waals surface area contributed by atoms with Gasteiger partial charge >= 0.3 is 0 Å². The first-order chi connectivity index (χ1) is 13.1. The highest BCUT2D eigenvalue weighted by Crippen LogP contribution is 2.24.